The maximum atomic E-state index is 2.29. The van der Waals surface area contributed by atoms with Gasteiger partial charge in [0.25, 0.3) is 0 Å². The van der Waals surface area contributed by atoms with Crippen LogP contribution in [0.2, 0.25) is 0 Å². The van der Waals surface area contributed by atoms with Crippen molar-refractivity contribution >= 4 is 0 Å². The molecule has 0 fully saturated rings. The van der Waals surface area contributed by atoms with Gasteiger partial charge in [-0.1, -0.05) is 48.6 Å². The Hall–Kier alpha value is -1.04. The van der Waals surface area contributed by atoms with Gasteiger partial charge in [0.2, 0.25) is 0 Å². The second-order valence-electron chi connectivity index (χ2n) is 3.52. The molecule has 0 radical (unpaired) electrons. The molecule has 0 atom stereocenters. The highest BCUT2D eigenvalue weighted by Gasteiger charge is 1.81. The Labute approximate surface area is 87.7 Å². The average Bonchev–Trinajstić information content (AvgIpc) is 2.22. The molecule has 14 heavy (non-hydrogen) atoms. The summed E-state index contributed by atoms with van der Waals surface area (Å²) in [4.78, 5) is 0. The molecule has 0 N–H and O–H groups in total. The summed E-state index contributed by atoms with van der Waals surface area (Å²) in [6.45, 7) is 0. The number of hydrogen-bond donors (Lipinski definition) is 0. The Morgan fingerprint density at radius 3 is 1.21 bits per heavy atom. The largest absolute Gasteiger partial charge is 0.0882 e. The van der Waals surface area contributed by atoms with Gasteiger partial charge in [0, 0.05) is 0 Å². The van der Waals surface area contributed by atoms with Crippen LogP contribution in [0.1, 0.15) is 38.5 Å². The van der Waals surface area contributed by atoms with Crippen LogP contribution in [0.15, 0.2) is 48.6 Å². The van der Waals surface area contributed by atoms with E-state index in [9.17, 15) is 0 Å². The Balaban J connectivity index is 2.34. The van der Waals surface area contributed by atoms with Crippen LogP contribution in [-0.2, 0) is 0 Å². The average molecular weight is 188 g/mol. The molecule has 0 aliphatic heterocycles. The molecule has 1 aliphatic carbocycles. The number of hydrogen-bond acceptors (Lipinski definition) is 0. The lowest BCUT2D eigenvalue weighted by atomic mass is 10.2. The first kappa shape index (κ1) is 11.0. The van der Waals surface area contributed by atoms with Gasteiger partial charge in [0.05, 0.1) is 0 Å². The second kappa shape index (κ2) is 8.55. The Bertz CT molecular complexity index is 204. The van der Waals surface area contributed by atoms with E-state index in [1.54, 1.807) is 0 Å². The van der Waals surface area contributed by atoms with Gasteiger partial charge in [-0.3, -0.25) is 0 Å². The van der Waals surface area contributed by atoms with Crippen molar-refractivity contribution in [1.82, 2.24) is 0 Å². The molecule has 0 nitrogen and oxygen atoms in total. The zero-order valence-corrected chi connectivity index (χ0v) is 8.86. The highest BCUT2D eigenvalue weighted by Crippen LogP contribution is 2.01. The summed E-state index contributed by atoms with van der Waals surface area (Å²) in [5, 5.41) is 0. The van der Waals surface area contributed by atoms with Crippen molar-refractivity contribution in [3.63, 3.8) is 0 Å². The van der Waals surface area contributed by atoms with Crippen molar-refractivity contribution in [1.29, 1.82) is 0 Å². The lowest BCUT2D eigenvalue weighted by Crippen LogP contribution is -1.71. The second-order valence-corrected chi connectivity index (χ2v) is 3.52. The van der Waals surface area contributed by atoms with Crippen molar-refractivity contribution in [2.75, 3.05) is 0 Å². The summed E-state index contributed by atoms with van der Waals surface area (Å²) in [5.74, 6) is 0. The highest BCUT2D eigenvalue weighted by atomic mass is 13.9. The molecular weight excluding hydrogens is 168 g/mol. The maximum absolute atomic E-state index is 2.29. The molecule has 0 heteroatoms. The lowest BCUT2D eigenvalue weighted by molar-refractivity contribution is 0.864. The number of allylic oxidation sites excluding steroid dienone is 8. The summed E-state index contributed by atoms with van der Waals surface area (Å²) in [7, 11) is 0. The summed E-state index contributed by atoms with van der Waals surface area (Å²) in [6.07, 6.45) is 25.0. The fourth-order valence-electron chi connectivity index (χ4n) is 1.40. The minimum absolute atomic E-state index is 1.07. The molecule has 0 saturated heterocycles. The summed E-state index contributed by atoms with van der Waals surface area (Å²) >= 11 is 0. The van der Waals surface area contributed by atoms with E-state index >= 15 is 0 Å². The van der Waals surface area contributed by atoms with Crippen LogP contribution in [-0.4, -0.2) is 0 Å². The van der Waals surface area contributed by atoms with E-state index in [1.165, 1.54) is 19.3 Å². The molecule has 0 aromatic carbocycles. The minimum Gasteiger partial charge on any atom is -0.0882 e. The van der Waals surface area contributed by atoms with Gasteiger partial charge in [-0.25, -0.2) is 0 Å². The molecule has 0 bridgehead atoms. The number of rotatable bonds is 0. The quantitative estimate of drug-likeness (QED) is 0.489. The van der Waals surface area contributed by atoms with Crippen LogP contribution in [0.4, 0.5) is 0 Å². The Morgan fingerprint density at radius 1 is 0.429 bits per heavy atom. The standard InChI is InChI=1S/C14H20/c1-2-4-6-8-10-12-14-13-11-9-7-5-3-1/h1-2,5-8,11,13H,3-4,9-10,12,14H2/b2-1+,7-5+,8-6-,13-11+. The van der Waals surface area contributed by atoms with Crippen molar-refractivity contribution in [3.05, 3.63) is 48.6 Å². The van der Waals surface area contributed by atoms with E-state index in [1.807, 2.05) is 0 Å². The summed E-state index contributed by atoms with van der Waals surface area (Å²) in [6, 6.07) is 0. The first-order valence-electron chi connectivity index (χ1n) is 5.60. The van der Waals surface area contributed by atoms with Crippen molar-refractivity contribution in [2.24, 2.45) is 0 Å². The molecule has 1 rings (SSSR count). The monoisotopic (exact) mass is 188 g/mol. The fourth-order valence-corrected chi connectivity index (χ4v) is 1.40. The highest BCUT2D eigenvalue weighted by molar-refractivity contribution is 5.00. The molecule has 0 aromatic rings. The lowest BCUT2D eigenvalue weighted by Gasteiger charge is -1.91. The van der Waals surface area contributed by atoms with Crippen LogP contribution in [0.25, 0.3) is 0 Å². The van der Waals surface area contributed by atoms with Crippen molar-refractivity contribution in [2.45, 2.75) is 38.5 Å². The SMILES string of the molecule is C1=C\CCC/C=C/C/C=C/C/C=C/C/1. The Kier molecular flexibility index (Phi) is 6.74. The first-order valence-corrected chi connectivity index (χ1v) is 5.60. The smallest absolute Gasteiger partial charge is 0.0169 e. The van der Waals surface area contributed by atoms with Crippen molar-refractivity contribution < 1.29 is 0 Å². The predicted octanol–water partition coefficient (Wildman–Crippen LogP) is 4.57. The molecule has 0 unspecified atom stereocenters. The normalized spacial score (nSPS) is 28.6. The fraction of sp³-hybridized carbons (Fsp3) is 0.429. The third-order valence-corrected chi connectivity index (χ3v) is 2.22. The molecular formula is C14H20. The molecule has 0 amide bonds. The van der Waals surface area contributed by atoms with Gasteiger partial charge < -0.3 is 0 Å². The van der Waals surface area contributed by atoms with E-state index in [0.29, 0.717) is 0 Å². The predicted molar refractivity (Wildman–Crippen MR) is 64.3 cm³/mol. The molecule has 1 aliphatic rings. The van der Waals surface area contributed by atoms with Crippen LogP contribution in [0.5, 0.6) is 0 Å². The summed E-state index contributed by atoms with van der Waals surface area (Å²) in [5.41, 5.74) is 0. The molecule has 0 spiro atoms. The van der Waals surface area contributed by atoms with E-state index in [0.717, 1.165) is 19.3 Å². The van der Waals surface area contributed by atoms with Gasteiger partial charge in [-0.15, -0.1) is 0 Å². The molecule has 0 heterocycles. The zero-order chi connectivity index (χ0) is 9.90. The first-order chi connectivity index (χ1) is 7.00. The molecule has 0 aromatic heterocycles. The van der Waals surface area contributed by atoms with E-state index in [4.69, 9.17) is 0 Å². The Morgan fingerprint density at radius 2 is 0.786 bits per heavy atom. The van der Waals surface area contributed by atoms with Crippen LogP contribution < -0.4 is 0 Å². The van der Waals surface area contributed by atoms with Crippen LogP contribution in [0.3, 0.4) is 0 Å². The third-order valence-electron chi connectivity index (χ3n) is 2.22. The van der Waals surface area contributed by atoms with Crippen LogP contribution >= 0.6 is 0 Å². The van der Waals surface area contributed by atoms with E-state index in [2.05, 4.69) is 48.6 Å². The van der Waals surface area contributed by atoms with Gasteiger partial charge >= 0.3 is 0 Å². The van der Waals surface area contributed by atoms with Gasteiger partial charge in [-0.05, 0) is 38.5 Å². The zero-order valence-electron chi connectivity index (χ0n) is 8.86. The van der Waals surface area contributed by atoms with Gasteiger partial charge in [0.15, 0.2) is 0 Å². The third kappa shape index (κ3) is 6.47. The van der Waals surface area contributed by atoms with E-state index in [-0.39, 0.29) is 0 Å². The minimum atomic E-state index is 1.07. The molecule has 0 saturated carbocycles. The van der Waals surface area contributed by atoms with Crippen LogP contribution in [0, 0.1) is 0 Å². The van der Waals surface area contributed by atoms with Gasteiger partial charge in [0.1, 0.15) is 0 Å². The van der Waals surface area contributed by atoms with Gasteiger partial charge in [-0.2, -0.15) is 0 Å². The van der Waals surface area contributed by atoms with Crippen molar-refractivity contribution in [3.8, 4) is 0 Å². The summed E-state index contributed by atoms with van der Waals surface area (Å²) < 4.78 is 0. The maximum Gasteiger partial charge on any atom is -0.0169 e. The van der Waals surface area contributed by atoms with E-state index < -0.39 is 0 Å². The molecule has 76 valence electrons. The topological polar surface area (TPSA) is 0 Å².